The fraction of sp³-hybridized carbons (Fsp3) is 0.917. The first-order chi connectivity index (χ1) is 7.44. The zero-order valence-corrected chi connectivity index (χ0v) is 9.35. The van der Waals surface area contributed by atoms with E-state index in [1.807, 2.05) is 0 Å². The van der Waals surface area contributed by atoms with Crippen molar-refractivity contribution in [3.63, 3.8) is 0 Å². The lowest BCUT2D eigenvalue weighted by Crippen LogP contribution is -2.41. The average Bonchev–Trinajstić information content (AvgIpc) is 2.14. The highest BCUT2D eigenvalue weighted by molar-refractivity contribution is 5.74. The highest BCUT2D eigenvalue weighted by atomic mass is 19.3. The maximum Gasteiger partial charge on any atom is 0.309 e. The Labute approximate surface area is 94.0 Å². The zero-order valence-electron chi connectivity index (χ0n) is 9.35. The summed E-state index contributed by atoms with van der Waals surface area (Å²) in [6, 6.07) is 0. The Bertz CT molecular complexity index is 275. The molecule has 4 heteroatoms. The Balaban J connectivity index is 2.02. The second-order valence-electron chi connectivity index (χ2n) is 5.44. The number of carboxylic acids is 1. The molecule has 2 saturated carbocycles. The van der Waals surface area contributed by atoms with Gasteiger partial charge in [-0.15, -0.1) is 0 Å². The van der Waals surface area contributed by atoms with E-state index >= 15 is 0 Å². The van der Waals surface area contributed by atoms with Gasteiger partial charge in [0.1, 0.15) is 0 Å². The predicted octanol–water partition coefficient (Wildman–Crippen LogP) is 3.46. The molecule has 0 radical (unpaired) electrons. The van der Waals surface area contributed by atoms with E-state index in [4.69, 9.17) is 0 Å². The molecule has 0 heterocycles. The lowest BCUT2D eigenvalue weighted by Gasteiger charge is -2.41. The topological polar surface area (TPSA) is 37.3 Å². The molecule has 0 aliphatic heterocycles. The lowest BCUT2D eigenvalue weighted by molar-refractivity contribution is -0.159. The molecule has 2 rings (SSSR count). The molecule has 16 heavy (non-hydrogen) atoms. The summed E-state index contributed by atoms with van der Waals surface area (Å²) in [5.41, 5.74) is -0.854. The quantitative estimate of drug-likeness (QED) is 0.809. The predicted molar refractivity (Wildman–Crippen MR) is 55.4 cm³/mol. The summed E-state index contributed by atoms with van der Waals surface area (Å²) in [7, 11) is 0. The zero-order chi connectivity index (χ0) is 11.8. The maximum absolute atomic E-state index is 13.1. The number of halogens is 2. The number of hydrogen-bond acceptors (Lipinski definition) is 1. The molecule has 1 N–H and O–H groups in total. The van der Waals surface area contributed by atoms with Crippen molar-refractivity contribution in [1.29, 1.82) is 0 Å². The molecule has 0 amide bonds. The Morgan fingerprint density at radius 1 is 1.19 bits per heavy atom. The van der Waals surface area contributed by atoms with Gasteiger partial charge in [-0.3, -0.25) is 4.79 Å². The van der Waals surface area contributed by atoms with Crippen LogP contribution in [0.4, 0.5) is 8.78 Å². The molecule has 2 aliphatic rings. The normalized spacial score (nSPS) is 28.4. The van der Waals surface area contributed by atoms with Gasteiger partial charge in [-0.25, -0.2) is 8.78 Å². The van der Waals surface area contributed by atoms with Crippen LogP contribution in [0.25, 0.3) is 0 Å². The SMILES string of the molecule is O=C(O)C1(CC2CCC2)CCC(F)(F)CC1. The summed E-state index contributed by atoms with van der Waals surface area (Å²) in [6.07, 6.45) is 3.70. The van der Waals surface area contributed by atoms with Crippen LogP contribution in [-0.2, 0) is 4.79 Å². The smallest absolute Gasteiger partial charge is 0.309 e. The van der Waals surface area contributed by atoms with Gasteiger partial charge in [0.2, 0.25) is 5.92 Å². The number of carboxylic acid groups (broad SMARTS) is 1. The van der Waals surface area contributed by atoms with E-state index in [2.05, 4.69) is 0 Å². The molecule has 92 valence electrons. The van der Waals surface area contributed by atoms with E-state index < -0.39 is 17.3 Å². The largest absolute Gasteiger partial charge is 0.481 e. The molecular formula is C12H18F2O2. The van der Waals surface area contributed by atoms with Crippen molar-refractivity contribution < 1.29 is 18.7 Å². The third-order valence-corrected chi connectivity index (χ3v) is 4.30. The maximum atomic E-state index is 13.1. The molecule has 2 nitrogen and oxygen atoms in total. The third-order valence-electron chi connectivity index (χ3n) is 4.30. The molecule has 0 unspecified atom stereocenters. The molecule has 2 fully saturated rings. The van der Waals surface area contributed by atoms with Gasteiger partial charge in [-0.2, -0.15) is 0 Å². The Kier molecular flexibility index (Phi) is 2.93. The lowest BCUT2D eigenvalue weighted by atomic mass is 9.64. The Morgan fingerprint density at radius 3 is 2.12 bits per heavy atom. The monoisotopic (exact) mass is 232 g/mol. The van der Waals surface area contributed by atoms with Gasteiger partial charge < -0.3 is 5.11 Å². The van der Waals surface area contributed by atoms with Gasteiger partial charge in [0.05, 0.1) is 5.41 Å². The molecule has 0 aromatic heterocycles. The van der Waals surface area contributed by atoms with Crippen molar-refractivity contribution in [2.75, 3.05) is 0 Å². The van der Waals surface area contributed by atoms with Gasteiger partial charge in [0.15, 0.2) is 0 Å². The van der Waals surface area contributed by atoms with Crippen LogP contribution >= 0.6 is 0 Å². The van der Waals surface area contributed by atoms with Crippen LogP contribution in [0.5, 0.6) is 0 Å². The van der Waals surface area contributed by atoms with E-state index in [0.717, 1.165) is 19.3 Å². The summed E-state index contributed by atoms with van der Waals surface area (Å²) in [4.78, 5) is 11.3. The Morgan fingerprint density at radius 2 is 1.75 bits per heavy atom. The van der Waals surface area contributed by atoms with E-state index in [-0.39, 0.29) is 25.7 Å². The number of carbonyl (C=O) groups is 1. The Hall–Kier alpha value is -0.670. The molecule has 0 bridgehead atoms. The third kappa shape index (κ3) is 2.20. The van der Waals surface area contributed by atoms with Crippen LogP contribution in [0, 0.1) is 11.3 Å². The van der Waals surface area contributed by atoms with Gasteiger partial charge in [-0.05, 0) is 25.2 Å². The second kappa shape index (κ2) is 3.97. The summed E-state index contributed by atoms with van der Waals surface area (Å²) >= 11 is 0. The minimum Gasteiger partial charge on any atom is -0.481 e. The van der Waals surface area contributed by atoms with Crippen LogP contribution in [-0.4, -0.2) is 17.0 Å². The number of hydrogen-bond donors (Lipinski definition) is 1. The fourth-order valence-corrected chi connectivity index (χ4v) is 2.85. The average molecular weight is 232 g/mol. The van der Waals surface area contributed by atoms with Crippen LogP contribution in [0.3, 0.4) is 0 Å². The highest BCUT2D eigenvalue weighted by Crippen LogP contribution is 2.49. The van der Waals surface area contributed by atoms with Crippen molar-refractivity contribution in [3.8, 4) is 0 Å². The molecule has 0 spiro atoms. The van der Waals surface area contributed by atoms with Crippen LogP contribution < -0.4 is 0 Å². The molecular weight excluding hydrogens is 214 g/mol. The molecule has 0 atom stereocenters. The second-order valence-corrected chi connectivity index (χ2v) is 5.44. The number of alkyl halides is 2. The minimum atomic E-state index is -2.64. The summed E-state index contributed by atoms with van der Waals surface area (Å²) in [5.74, 6) is -3.05. The van der Waals surface area contributed by atoms with Gasteiger partial charge >= 0.3 is 5.97 Å². The first kappa shape index (κ1) is 11.8. The number of aliphatic carboxylic acids is 1. The van der Waals surface area contributed by atoms with E-state index in [1.54, 1.807) is 0 Å². The first-order valence-corrected chi connectivity index (χ1v) is 6.05. The van der Waals surface area contributed by atoms with Crippen molar-refractivity contribution in [1.82, 2.24) is 0 Å². The van der Waals surface area contributed by atoms with Gasteiger partial charge in [0.25, 0.3) is 0 Å². The van der Waals surface area contributed by atoms with Crippen LogP contribution in [0.2, 0.25) is 0 Å². The van der Waals surface area contributed by atoms with Gasteiger partial charge in [-0.1, -0.05) is 19.3 Å². The van der Waals surface area contributed by atoms with Crippen molar-refractivity contribution >= 4 is 5.97 Å². The molecule has 0 aromatic carbocycles. The first-order valence-electron chi connectivity index (χ1n) is 6.05. The van der Waals surface area contributed by atoms with Crippen molar-refractivity contribution in [2.24, 2.45) is 11.3 Å². The highest BCUT2D eigenvalue weighted by Gasteiger charge is 2.49. The van der Waals surface area contributed by atoms with E-state index in [0.29, 0.717) is 12.3 Å². The summed E-state index contributed by atoms with van der Waals surface area (Å²) in [6.45, 7) is 0. The van der Waals surface area contributed by atoms with E-state index in [1.165, 1.54) is 0 Å². The van der Waals surface area contributed by atoms with Crippen molar-refractivity contribution in [2.45, 2.75) is 57.3 Å². The summed E-state index contributed by atoms with van der Waals surface area (Å²) < 4.78 is 26.1. The summed E-state index contributed by atoms with van der Waals surface area (Å²) in [5, 5.41) is 9.28. The number of rotatable bonds is 3. The molecule has 0 aromatic rings. The van der Waals surface area contributed by atoms with Crippen LogP contribution in [0.15, 0.2) is 0 Å². The fourth-order valence-electron chi connectivity index (χ4n) is 2.85. The molecule has 0 saturated heterocycles. The van der Waals surface area contributed by atoms with Crippen molar-refractivity contribution in [3.05, 3.63) is 0 Å². The van der Waals surface area contributed by atoms with E-state index in [9.17, 15) is 18.7 Å². The molecule has 2 aliphatic carbocycles. The minimum absolute atomic E-state index is 0.145. The van der Waals surface area contributed by atoms with Gasteiger partial charge in [0, 0.05) is 12.8 Å². The standard InChI is InChI=1S/C12H18F2O2/c13-12(14)6-4-11(5-7-12,10(15)16)8-9-2-1-3-9/h9H,1-8H2,(H,15,16). The van der Waals surface area contributed by atoms with Crippen LogP contribution in [0.1, 0.15) is 51.4 Å².